The zero-order valence-corrected chi connectivity index (χ0v) is 16.5. The van der Waals surface area contributed by atoms with Crippen molar-refractivity contribution in [3.8, 4) is 0 Å². The van der Waals surface area contributed by atoms with E-state index in [0.717, 1.165) is 11.8 Å². The highest BCUT2D eigenvalue weighted by Crippen LogP contribution is 2.21. The van der Waals surface area contributed by atoms with Gasteiger partial charge in [-0.1, -0.05) is 23.5 Å². The van der Waals surface area contributed by atoms with Gasteiger partial charge in [0.25, 0.3) is 11.6 Å². The van der Waals surface area contributed by atoms with Crippen LogP contribution in [0.15, 0.2) is 58.4 Å². The third-order valence-corrected chi connectivity index (χ3v) is 6.12. The number of fused-ring (bicyclic) bond motifs is 1. The van der Waals surface area contributed by atoms with E-state index in [0.29, 0.717) is 15.1 Å². The summed E-state index contributed by atoms with van der Waals surface area (Å²) in [7, 11) is -1.60. The van der Waals surface area contributed by atoms with Gasteiger partial charge in [-0.25, -0.2) is 8.42 Å². The number of carbonyl (C=O) groups is 1. The van der Waals surface area contributed by atoms with Crippen LogP contribution in [0.5, 0.6) is 0 Å². The van der Waals surface area contributed by atoms with Gasteiger partial charge in [-0.3, -0.25) is 14.9 Å². The van der Waals surface area contributed by atoms with Crippen molar-refractivity contribution in [2.24, 2.45) is 12.0 Å². The second kappa shape index (κ2) is 7.49. The second-order valence-corrected chi connectivity index (χ2v) is 9.01. The van der Waals surface area contributed by atoms with Crippen molar-refractivity contribution in [1.82, 2.24) is 4.57 Å². The van der Waals surface area contributed by atoms with E-state index < -0.39 is 20.7 Å². The van der Waals surface area contributed by atoms with Crippen LogP contribution in [0, 0.1) is 10.1 Å². The van der Waals surface area contributed by atoms with Crippen LogP contribution in [0.3, 0.4) is 0 Å². The number of hydrogen-bond acceptors (Lipinski definition) is 6. The monoisotopic (exact) mass is 417 g/mol. The summed E-state index contributed by atoms with van der Waals surface area (Å²) in [5.41, 5.74) is 1.20. The summed E-state index contributed by atoms with van der Waals surface area (Å²) in [4.78, 5) is 27.1. The number of non-ortho nitro benzene ring substituents is 1. The van der Waals surface area contributed by atoms with Crippen molar-refractivity contribution in [2.75, 3.05) is 6.26 Å². The lowest BCUT2D eigenvalue weighted by atomic mass is 10.2. The molecule has 0 N–H and O–H groups in total. The number of nitro benzene ring substituents is 1. The summed E-state index contributed by atoms with van der Waals surface area (Å²) in [6.45, 7) is 0. The van der Waals surface area contributed by atoms with E-state index in [1.807, 2.05) is 0 Å². The molecule has 144 valence electrons. The van der Waals surface area contributed by atoms with Gasteiger partial charge in [0, 0.05) is 31.5 Å². The normalized spacial score (nSPS) is 12.7. The third kappa shape index (κ3) is 4.24. The van der Waals surface area contributed by atoms with Gasteiger partial charge in [0.05, 0.1) is 20.0 Å². The number of carbonyl (C=O) groups excluding carboxylic acids is 1. The molecule has 0 aliphatic heterocycles. The molecule has 0 atom stereocenters. The summed E-state index contributed by atoms with van der Waals surface area (Å²) in [6.07, 6.45) is 3.81. The molecule has 0 fully saturated rings. The highest BCUT2D eigenvalue weighted by molar-refractivity contribution is 7.90. The van der Waals surface area contributed by atoms with Gasteiger partial charge >= 0.3 is 0 Å². The molecular formula is C18H15N3O5S2. The summed E-state index contributed by atoms with van der Waals surface area (Å²) < 4.78 is 25.8. The van der Waals surface area contributed by atoms with E-state index in [-0.39, 0.29) is 10.6 Å². The SMILES string of the molecule is Cn1c(=NC(=O)/C=C/c2cccc([N+](=O)[O-])c2)sc2cc(S(C)(=O)=O)ccc21. The fourth-order valence-corrected chi connectivity index (χ4v) is 4.28. The van der Waals surface area contributed by atoms with Gasteiger partial charge in [-0.05, 0) is 29.8 Å². The first-order chi connectivity index (χ1) is 13.1. The molecule has 1 aromatic heterocycles. The maximum absolute atomic E-state index is 12.2. The minimum absolute atomic E-state index is 0.0656. The van der Waals surface area contributed by atoms with Crippen molar-refractivity contribution < 1.29 is 18.1 Å². The molecule has 2 aromatic carbocycles. The minimum Gasteiger partial charge on any atom is -0.319 e. The number of aromatic nitrogens is 1. The van der Waals surface area contributed by atoms with Crippen LogP contribution in [-0.2, 0) is 21.7 Å². The summed E-state index contributed by atoms with van der Waals surface area (Å²) >= 11 is 1.20. The number of nitrogens with zero attached hydrogens (tertiary/aromatic N) is 3. The van der Waals surface area contributed by atoms with E-state index in [9.17, 15) is 23.3 Å². The molecule has 1 heterocycles. The number of benzene rings is 2. The molecule has 0 saturated carbocycles. The number of nitro groups is 1. The Hall–Kier alpha value is -3.11. The Labute approximate surface area is 164 Å². The van der Waals surface area contributed by atoms with E-state index >= 15 is 0 Å². The van der Waals surface area contributed by atoms with E-state index in [1.165, 1.54) is 47.8 Å². The highest BCUT2D eigenvalue weighted by Gasteiger charge is 2.11. The summed E-state index contributed by atoms with van der Waals surface area (Å²) in [5.74, 6) is -0.531. The Kier molecular flexibility index (Phi) is 5.25. The average molecular weight is 417 g/mol. The maximum atomic E-state index is 12.2. The quantitative estimate of drug-likeness (QED) is 0.368. The lowest BCUT2D eigenvalue weighted by Crippen LogP contribution is -2.12. The molecular weight excluding hydrogens is 402 g/mol. The van der Waals surface area contributed by atoms with Gasteiger partial charge in [0.2, 0.25) is 0 Å². The molecule has 0 radical (unpaired) electrons. The molecule has 0 saturated heterocycles. The Balaban J connectivity index is 1.93. The predicted molar refractivity (Wildman–Crippen MR) is 107 cm³/mol. The number of amides is 1. The number of sulfone groups is 1. The Morgan fingerprint density at radius 3 is 2.68 bits per heavy atom. The first-order valence-electron chi connectivity index (χ1n) is 7.96. The zero-order valence-electron chi connectivity index (χ0n) is 14.9. The van der Waals surface area contributed by atoms with Crippen molar-refractivity contribution >= 4 is 49.1 Å². The van der Waals surface area contributed by atoms with Gasteiger partial charge in [0.1, 0.15) is 0 Å². The molecule has 3 rings (SSSR count). The van der Waals surface area contributed by atoms with Gasteiger partial charge in [0.15, 0.2) is 14.6 Å². The fraction of sp³-hybridized carbons (Fsp3) is 0.111. The number of thiazole rings is 1. The molecule has 10 heteroatoms. The Bertz CT molecular complexity index is 1300. The molecule has 0 spiro atoms. The van der Waals surface area contributed by atoms with Gasteiger partial charge < -0.3 is 4.57 Å². The van der Waals surface area contributed by atoms with Crippen molar-refractivity contribution in [1.29, 1.82) is 0 Å². The van der Waals surface area contributed by atoms with Crippen LogP contribution in [-0.4, -0.2) is 30.1 Å². The fourth-order valence-electron chi connectivity index (χ4n) is 2.49. The predicted octanol–water partition coefficient (Wildman–Crippen LogP) is 2.69. The third-order valence-electron chi connectivity index (χ3n) is 3.91. The zero-order chi connectivity index (χ0) is 20.5. The first-order valence-corrected chi connectivity index (χ1v) is 10.7. The number of aryl methyl sites for hydroxylation is 1. The topological polar surface area (TPSA) is 112 Å². The number of hydrogen-bond donors (Lipinski definition) is 0. The van der Waals surface area contributed by atoms with E-state index in [2.05, 4.69) is 4.99 Å². The molecule has 3 aromatic rings. The van der Waals surface area contributed by atoms with Gasteiger partial charge in [-0.15, -0.1) is 0 Å². The second-order valence-electron chi connectivity index (χ2n) is 5.98. The average Bonchev–Trinajstić information content (AvgIpc) is 2.94. The van der Waals surface area contributed by atoms with Crippen LogP contribution >= 0.6 is 11.3 Å². The molecule has 0 bridgehead atoms. The minimum atomic E-state index is -3.33. The van der Waals surface area contributed by atoms with Crippen LogP contribution in [0.1, 0.15) is 5.56 Å². The van der Waals surface area contributed by atoms with E-state index in [1.54, 1.807) is 29.8 Å². The van der Waals surface area contributed by atoms with Crippen LogP contribution < -0.4 is 4.80 Å². The molecule has 0 unspecified atom stereocenters. The summed E-state index contributed by atoms with van der Waals surface area (Å²) in [6, 6.07) is 10.6. The lowest BCUT2D eigenvalue weighted by Gasteiger charge is -1.99. The number of rotatable bonds is 4. The van der Waals surface area contributed by atoms with Crippen molar-refractivity contribution in [3.63, 3.8) is 0 Å². The van der Waals surface area contributed by atoms with Crippen LogP contribution in [0.4, 0.5) is 5.69 Å². The Morgan fingerprint density at radius 1 is 1.25 bits per heavy atom. The molecule has 8 nitrogen and oxygen atoms in total. The highest BCUT2D eigenvalue weighted by atomic mass is 32.2. The summed E-state index contributed by atoms with van der Waals surface area (Å²) in [5, 5.41) is 10.8. The maximum Gasteiger partial charge on any atom is 0.272 e. The largest absolute Gasteiger partial charge is 0.319 e. The standard InChI is InChI=1S/C18H15N3O5S2/c1-20-15-8-7-14(28(2,25)26)11-16(15)27-18(20)19-17(22)9-6-12-4-3-5-13(10-12)21(23)24/h3-11H,1-2H3/b9-6+,19-18?. The van der Waals surface area contributed by atoms with E-state index in [4.69, 9.17) is 0 Å². The molecule has 28 heavy (non-hydrogen) atoms. The lowest BCUT2D eigenvalue weighted by molar-refractivity contribution is -0.384. The smallest absolute Gasteiger partial charge is 0.272 e. The van der Waals surface area contributed by atoms with Crippen molar-refractivity contribution in [3.05, 3.63) is 69.0 Å². The first kappa shape index (κ1) is 19.6. The van der Waals surface area contributed by atoms with Gasteiger partial charge in [-0.2, -0.15) is 4.99 Å². The Morgan fingerprint density at radius 2 is 2.00 bits per heavy atom. The molecule has 0 aliphatic rings. The van der Waals surface area contributed by atoms with Crippen LogP contribution in [0.2, 0.25) is 0 Å². The molecule has 1 amide bonds. The molecule has 0 aliphatic carbocycles. The van der Waals surface area contributed by atoms with Crippen molar-refractivity contribution in [2.45, 2.75) is 4.90 Å². The van der Waals surface area contributed by atoms with Crippen LogP contribution in [0.25, 0.3) is 16.3 Å².